The number of hydrogen-bond donors (Lipinski definition) is 3. The molecule has 5 nitrogen and oxygen atoms in total. The van der Waals surface area contributed by atoms with Gasteiger partial charge in [-0.2, -0.15) is 0 Å². The Bertz CT molecular complexity index is 597. The molecular weight excluding hydrogens is 318 g/mol. The minimum atomic E-state index is -2.58. The van der Waals surface area contributed by atoms with E-state index in [1.807, 2.05) is 6.92 Å². The van der Waals surface area contributed by atoms with Gasteiger partial charge >= 0.3 is 12.0 Å². The van der Waals surface area contributed by atoms with Crippen LogP contribution in [0.4, 0.5) is 13.6 Å². The Kier molecular flexibility index (Phi) is 5.75. The number of amides is 2. The van der Waals surface area contributed by atoms with Crippen LogP contribution in [0.2, 0.25) is 0 Å². The van der Waals surface area contributed by atoms with Crippen LogP contribution in [0.15, 0.2) is 24.3 Å². The lowest BCUT2D eigenvalue weighted by Crippen LogP contribution is -2.45. The van der Waals surface area contributed by atoms with Crippen molar-refractivity contribution in [3.05, 3.63) is 35.4 Å². The molecule has 132 valence electrons. The standard InChI is InChI=1S/C17H22F2N2O3/c1-11(13-5-7-17(18,19)8-6-13)21-16(24)20-10-12-3-2-4-14(9-12)15(22)23/h2-4,9,11,13H,5-8,10H2,1H3,(H,22,23)(H2,20,21,24). The molecule has 1 saturated carbocycles. The first-order valence-corrected chi connectivity index (χ1v) is 8.01. The molecule has 0 spiro atoms. The van der Waals surface area contributed by atoms with Crippen LogP contribution in [0.25, 0.3) is 0 Å². The van der Waals surface area contributed by atoms with Crippen molar-refractivity contribution in [3.8, 4) is 0 Å². The third-order valence-corrected chi connectivity index (χ3v) is 4.45. The number of carboxylic acid groups (broad SMARTS) is 1. The normalized spacial score (nSPS) is 18.6. The van der Waals surface area contributed by atoms with Crippen molar-refractivity contribution < 1.29 is 23.5 Å². The quantitative estimate of drug-likeness (QED) is 0.769. The zero-order valence-electron chi connectivity index (χ0n) is 13.5. The maximum Gasteiger partial charge on any atom is 0.335 e. The van der Waals surface area contributed by atoms with Crippen molar-refractivity contribution in [2.24, 2.45) is 5.92 Å². The Hall–Kier alpha value is -2.18. The summed E-state index contributed by atoms with van der Waals surface area (Å²) in [4.78, 5) is 22.8. The second kappa shape index (κ2) is 7.59. The molecular formula is C17H22F2N2O3. The van der Waals surface area contributed by atoms with Gasteiger partial charge in [0.25, 0.3) is 0 Å². The second-order valence-corrected chi connectivity index (χ2v) is 6.31. The fourth-order valence-electron chi connectivity index (χ4n) is 2.93. The SMILES string of the molecule is CC(NC(=O)NCc1cccc(C(=O)O)c1)C1CCC(F)(F)CC1. The second-order valence-electron chi connectivity index (χ2n) is 6.31. The number of carbonyl (C=O) groups is 2. The van der Waals surface area contributed by atoms with E-state index in [1.165, 1.54) is 12.1 Å². The highest BCUT2D eigenvalue weighted by molar-refractivity contribution is 5.87. The van der Waals surface area contributed by atoms with Crippen molar-refractivity contribution in [2.75, 3.05) is 0 Å². The van der Waals surface area contributed by atoms with E-state index in [2.05, 4.69) is 10.6 Å². The fraction of sp³-hybridized carbons (Fsp3) is 0.529. The van der Waals surface area contributed by atoms with Crippen molar-refractivity contribution in [3.63, 3.8) is 0 Å². The minimum absolute atomic E-state index is 0.0470. The van der Waals surface area contributed by atoms with Crippen LogP contribution >= 0.6 is 0 Å². The molecule has 1 fully saturated rings. The molecule has 1 aromatic carbocycles. The van der Waals surface area contributed by atoms with Crippen molar-refractivity contribution in [1.82, 2.24) is 10.6 Å². The number of benzene rings is 1. The number of aromatic carboxylic acids is 1. The van der Waals surface area contributed by atoms with Gasteiger partial charge in [0.1, 0.15) is 0 Å². The number of urea groups is 1. The number of alkyl halides is 2. The monoisotopic (exact) mass is 340 g/mol. The zero-order valence-corrected chi connectivity index (χ0v) is 13.5. The molecule has 1 unspecified atom stereocenters. The number of halogens is 2. The molecule has 1 atom stereocenters. The molecule has 0 radical (unpaired) electrons. The molecule has 2 rings (SSSR count). The summed E-state index contributed by atoms with van der Waals surface area (Å²) in [6.07, 6.45) is 0.533. The summed E-state index contributed by atoms with van der Waals surface area (Å²) < 4.78 is 26.3. The summed E-state index contributed by atoms with van der Waals surface area (Å²) in [5.41, 5.74) is 0.834. The van der Waals surface area contributed by atoms with Gasteiger partial charge in [0.2, 0.25) is 5.92 Å². The lowest BCUT2D eigenvalue weighted by Gasteiger charge is -2.32. The van der Waals surface area contributed by atoms with E-state index in [1.54, 1.807) is 12.1 Å². The fourth-order valence-corrected chi connectivity index (χ4v) is 2.93. The molecule has 0 aromatic heterocycles. The van der Waals surface area contributed by atoms with E-state index >= 15 is 0 Å². The Balaban J connectivity index is 1.79. The van der Waals surface area contributed by atoms with E-state index in [0.29, 0.717) is 18.4 Å². The summed E-state index contributed by atoms with van der Waals surface area (Å²) in [6.45, 7) is 2.02. The first-order valence-electron chi connectivity index (χ1n) is 8.01. The van der Waals surface area contributed by atoms with Crippen LogP contribution < -0.4 is 10.6 Å². The van der Waals surface area contributed by atoms with Gasteiger partial charge in [0.15, 0.2) is 0 Å². The third-order valence-electron chi connectivity index (χ3n) is 4.45. The van der Waals surface area contributed by atoms with Gasteiger partial charge in [-0.1, -0.05) is 12.1 Å². The zero-order chi connectivity index (χ0) is 17.7. The third kappa shape index (κ3) is 5.18. The highest BCUT2D eigenvalue weighted by Crippen LogP contribution is 2.37. The molecule has 0 bridgehead atoms. The Morgan fingerprint density at radius 3 is 2.62 bits per heavy atom. The number of rotatable bonds is 5. The van der Waals surface area contributed by atoms with Gasteiger partial charge in [0, 0.05) is 25.4 Å². The molecule has 0 saturated heterocycles. The number of carboxylic acids is 1. The highest BCUT2D eigenvalue weighted by Gasteiger charge is 2.36. The lowest BCUT2D eigenvalue weighted by molar-refractivity contribution is -0.0484. The van der Waals surface area contributed by atoms with Crippen LogP contribution in [0.5, 0.6) is 0 Å². The molecule has 1 aliphatic carbocycles. The maximum atomic E-state index is 13.2. The molecule has 0 aliphatic heterocycles. The molecule has 1 aromatic rings. The largest absolute Gasteiger partial charge is 0.478 e. The van der Waals surface area contributed by atoms with Crippen LogP contribution in [-0.4, -0.2) is 29.1 Å². The minimum Gasteiger partial charge on any atom is -0.478 e. The first-order chi connectivity index (χ1) is 11.3. The van der Waals surface area contributed by atoms with Crippen molar-refractivity contribution in [1.29, 1.82) is 0 Å². The molecule has 24 heavy (non-hydrogen) atoms. The van der Waals surface area contributed by atoms with E-state index < -0.39 is 11.9 Å². The Labute approximate surface area is 139 Å². The lowest BCUT2D eigenvalue weighted by atomic mass is 9.83. The average molecular weight is 340 g/mol. The van der Waals surface area contributed by atoms with Crippen LogP contribution in [0.1, 0.15) is 48.5 Å². The topological polar surface area (TPSA) is 78.4 Å². The first kappa shape index (κ1) is 18.2. The Morgan fingerprint density at radius 2 is 2.00 bits per heavy atom. The van der Waals surface area contributed by atoms with Crippen molar-refractivity contribution >= 4 is 12.0 Å². The van der Waals surface area contributed by atoms with E-state index in [0.717, 1.165) is 0 Å². The average Bonchev–Trinajstić information content (AvgIpc) is 2.53. The smallest absolute Gasteiger partial charge is 0.335 e. The van der Waals surface area contributed by atoms with Gasteiger partial charge in [-0.3, -0.25) is 0 Å². The van der Waals surface area contributed by atoms with Gasteiger partial charge in [-0.15, -0.1) is 0 Å². The molecule has 7 heteroatoms. The van der Waals surface area contributed by atoms with Gasteiger partial charge in [-0.05, 0) is 43.4 Å². The number of hydrogen-bond acceptors (Lipinski definition) is 2. The summed E-state index contributed by atoms with van der Waals surface area (Å²) >= 11 is 0. The molecule has 2 amide bonds. The van der Waals surface area contributed by atoms with Gasteiger partial charge in [0.05, 0.1) is 5.56 Å². The summed E-state index contributed by atoms with van der Waals surface area (Å²) in [5.74, 6) is -3.55. The van der Waals surface area contributed by atoms with E-state index in [4.69, 9.17) is 5.11 Å². The van der Waals surface area contributed by atoms with Crippen molar-refractivity contribution in [2.45, 2.75) is 51.1 Å². The molecule has 0 heterocycles. The summed E-state index contributed by atoms with van der Waals surface area (Å²) in [7, 11) is 0. The van der Waals surface area contributed by atoms with Crippen LogP contribution in [0, 0.1) is 5.92 Å². The molecule has 3 N–H and O–H groups in total. The predicted octanol–water partition coefficient (Wildman–Crippen LogP) is 3.40. The summed E-state index contributed by atoms with van der Waals surface area (Å²) in [5, 5.41) is 14.4. The van der Waals surface area contributed by atoms with Crippen LogP contribution in [-0.2, 0) is 6.54 Å². The number of nitrogens with one attached hydrogen (secondary N) is 2. The van der Waals surface area contributed by atoms with E-state index in [9.17, 15) is 18.4 Å². The highest BCUT2D eigenvalue weighted by atomic mass is 19.3. The number of carbonyl (C=O) groups excluding carboxylic acids is 1. The predicted molar refractivity (Wildman–Crippen MR) is 85.1 cm³/mol. The van der Waals surface area contributed by atoms with E-state index in [-0.39, 0.29) is 42.9 Å². The summed E-state index contributed by atoms with van der Waals surface area (Å²) in [6, 6.07) is 5.73. The Morgan fingerprint density at radius 1 is 1.33 bits per heavy atom. The van der Waals surface area contributed by atoms with Crippen LogP contribution in [0.3, 0.4) is 0 Å². The molecule has 1 aliphatic rings. The van der Waals surface area contributed by atoms with Gasteiger partial charge in [-0.25, -0.2) is 18.4 Å². The maximum absolute atomic E-state index is 13.2. The van der Waals surface area contributed by atoms with Gasteiger partial charge < -0.3 is 15.7 Å².